The van der Waals surface area contributed by atoms with Gasteiger partial charge in [0.25, 0.3) is 0 Å². The van der Waals surface area contributed by atoms with Crippen molar-refractivity contribution < 1.29 is 5.11 Å². The van der Waals surface area contributed by atoms with Crippen molar-refractivity contribution in [1.29, 1.82) is 0 Å². The molecule has 0 aromatic heterocycles. The zero-order valence-electron chi connectivity index (χ0n) is 11.2. The largest absolute Gasteiger partial charge is 0.379 e. The number of aliphatic imine (C=N–C) groups is 1. The smallest absolute Gasteiger partial charge is 0.107 e. The molecule has 0 radical (unpaired) electrons. The zero-order chi connectivity index (χ0) is 12.5. The number of hydrogen-bond acceptors (Lipinski definition) is 3. The summed E-state index contributed by atoms with van der Waals surface area (Å²) >= 11 is 0. The number of unbranched alkanes of at least 4 members (excludes halogenated alkanes) is 4. The lowest BCUT2D eigenvalue weighted by molar-refractivity contribution is 0.0106. The topological polar surface area (TPSA) is 35.8 Å². The lowest BCUT2D eigenvalue weighted by Gasteiger charge is -2.24. The second-order valence-electron chi connectivity index (χ2n) is 4.70. The molecule has 1 N–H and O–H groups in total. The third-order valence-electron chi connectivity index (χ3n) is 3.17. The summed E-state index contributed by atoms with van der Waals surface area (Å²) in [5.74, 6) is 0. The van der Waals surface area contributed by atoms with Crippen molar-refractivity contribution in [2.75, 3.05) is 6.54 Å². The number of rotatable bonds is 8. The van der Waals surface area contributed by atoms with E-state index in [2.05, 4.69) is 24.1 Å². The van der Waals surface area contributed by atoms with Gasteiger partial charge in [0, 0.05) is 19.2 Å². The highest BCUT2D eigenvalue weighted by molar-refractivity contribution is 5.62. The number of nitrogens with zero attached hydrogens (tertiary/aromatic N) is 2. The Bertz CT molecular complexity index is 249. The van der Waals surface area contributed by atoms with E-state index in [0.717, 1.165) is 13.0 Å². The van der Waals surface area contributed by atoms with Crippen molar-refractivity contribution in [2.24, 2.45) is 4.99 Å². The van der Waals surface area contributed by atoms with Crippen LogP contribution in [0, 0.1) is 0 Å². The number of allylic oxidation sites excluding steroid dienone is 1. The Morgan fingerprint density at radius 2 is 2.24 bits per heavy atom. The third kappa shape index (κ3) is 5.46. The van der Waals surface area contributed by atoms with Crippen LogP contribution in [-0.2, 0) is 0 Å². The van der Waals surface area contributed by atoms with Crippen molar-refractivity contribution in [3.8, 4) is 0 Å². The van der Waals surface area contributed by atoms with Gasteiger partial charge in [-0.1, -0.05) is 38.3 Å². The predicted octanol–water partition coefficient (Wildman–Crippen LogP) is 2.95. The highest BCUT2D eigenvalue weighted by Gasteiger charge is 2.22. The fourth-order valence-electron chi connectivity index (χ4n) is 2.09. The normalized spacial score (nSPS) is 22.6. The molecule has 0 saturated heterocycles. The highest BCUT2D eigenvalue weighted by atomic mass is 16.3. The maximum atomic E-state index is 9.54. The van der Waals surface area contributed by atoms with Crippen LogP contribution in [0.15, 0.2) is 17.1 Å². The summed E-state index contributed by atoms with van der Waals surface area (Å²) in [6, 6.07) is 0. The molecule has 0 amide bonds. The van der Waals surface area contributed by atoms with E-state index in [1.165, 1.54) is 32.1 Å². The summed E-state index contributed by atoms with van der Waals surface area (Å²) in [7, 11) is 0. The van der Waals surface area contributed by atoms with Gasteiger partial charge in [0.2, 0.25) is 0 Å². The Hall–Kier alpha value is -0.670. The molecule has 0 saturated carbocycles. The number of hydrogen-bond donors (Lipinski definition) is 1. The summed E-state index contributed by atoms with van der Waals surface area (Å²) in [5, 5.41) is 9.54. The van der Waals surface area contributed by atoms with Gasteiger partial charge < -0.3 is 5.11 Å². The summed E-state index contributed by atoms with van der Waals surface area (Å²) in [6.45, 7) is 4.81. The van der Waals surface area contributed by atoms with E-state index in [9.17, 15) is 5.11 Å². The first-order valence-electron chi connectivity index (χ1n) is 6.86. The van der Waals surface area contributed by atoms with Crippen LogP contribution >= 0.6 is 0 Å². The van der Waals surface area contributed by atoms with E-state index in [1.54, 1.807) is 6.92 Å². The molecule has 0 aliphatic carbocycles. The number of aliphatic hydroxyl groups is 1. The van der Waals surface area contributed by atoms with E-state index in [1.807, 2.05) is 11.1 Å². The first-order valence-corrected chi connectivity index (χ1v) is 6.86. The lowest BCUT2D eigenvalue weighted by Crippen LogP contribution is -2.37. The summed E-state index contributed by atoms with van der Waals surface area (Å²) in [5.41, 5.74) is 0. The minimum Gasteiger partial charge on any atom is -0.379 e. The fourth-order valence-corrected chi connectivity index (χ4v) is 2.09. The van der Waals surface area contributed by atoms with Crippen LogP contribution in [0.4, 0.5) is 0 Å². The Kier molecular flexibility index (Phi) is 7.13. The molecule has 0 aromatic rings. The second kappa shape index (κ2) is 8.43. The van der Waals surface area contributed by atoms with Gasteiger partial charge in [0.15, 0.2) is 0 Å². The van der Waals surface area contributed by atoms with Gasteiger partial charge in [0.1, 0.15) is 12.4 Å². The standard InChI is InChI=1S/C14H26N2O/c1-3-4-5-6-7-8-9-10-14-15-11-12-16(14)13(2)17/h8-9,11,13-14,17H,3-7,10,12H2,1-2H3/b9-8+. The molecule has 1 aliphatic heterocycles. The van der Waals surface area contributed by atoms with Crippen molar-refractivity contribution in [2.45, 2.75) is 64.8 Å². The summed E-state index contributed by atoms with van der Waals surface area (Å²) in [4.78, 5) is 6.38. The molecule has 0 fully saturated rings. The van der Waals surface area contributed by atoms with Crippen LogP contribution in [0.3, 0.4) is 0 Å². The molecule has 2 unspecified atom stereocenters. The summed E-state index contributed by atoms with van der Waals surface area (Å²) < 4.78 is 0. The Morgan fingerprint density at radius 3 is 2.94 bits per heavy atom. The lowest BCUT2D eigenvalue weighted by atomic mass is 10.1. The molecule has 0 bridgehead atoms. The monoisotopic (exact) mass is 238 g/mol. The highest BCUT2D eigenvalue weighted by Crippen LogP contribution is 2.14. The van der Waals surface area contributed by atoms with Crippen LogP contribution in [-0.4, -0.2) is 35.2 Å². The predicted molar refractivity (Wildman–Crippen MR) is 73.2 cm³/mol. The Balaban J connectivity index is 2.12. The van der Waals surface area contributed by atoms with Crippen LogP contribution in [0.2, 0.25) is 0 Å². The van der Waals surface area contributed by atoms with Gasteiger partial charge in [-0.05, 0) is 19.8 Å². The molecule has 1 heterocycles. The maximum Gasteiger partial charge on any atom is 0.107 e. The van der Waals surface area contributed by atoms with Crippen LogP contribution in [0.1, 0.15) is 52.4 Å². The number of aliphatic hydroxyl groups excluding tert-OH is 1. The molecule has 17 heavy (non-hydrogen) atoms. The quantitative estimate of drug-likeness (QED) is 0.521. The van der Waals surface area contributed by atoms with Gasteiger partial charge >= 0.3 is 0 Å². The zero-order valence-corrected chi connectivity index (χ0v) is 11.2. The van der Waals surface area contributed by atoms with E-state index in [-0.39, 0.29) is 6.17 Å². The van der Waals surface area contributed by atoms with Crippen molar-refractivity contribution in [3.63, 3.8) is 0 Å². The third-order valence-corrected chi connectivity index (χ3v) is 3.17. The molecular formula is C14H26N2O. The van der Waals surface area contributed by atoms with Gasteiger partial charge in [-0.3, -0.25) is 9.89 Å². The molecule has 98 valence electrons. The summed E-state index contributed by atoms with van der Waals surface area (Å²) in [6.07, 6.45) is 13.4. The van der Waals surface area contributed by atoms with Gasteiger partial charge in [-0.15, -0.1) is 0 Å². The second-order valence-corrected chi connectivity index (χ2v) is 4.70. The van der Waals surface area contributed by atoms with Crippen LogP contribution < -0.4 is 0 Å². The molecule has 3 nitrogen and oxygen atoms in total. The fraction of sp³-hybridized carbons (Fsp3) is 0.786. The maximum absolute atomic E-state index is 9.54. The molecule has 1 aliphatic rings. The van der Waals surface area contributed by atoms with Crippen LogP contribution in [0.25, 0.3) is 0 Å². The van der Waals surface area contributed by atoms with Crippen molar-refractivity contribution in [1.82, 2.24) is 4.90 Å². The Morgan fingerprint density at radius 1 is 1.41 bits per heavy atom. The Labute approximate surface area is 105 Å². The van der Waals surface area contributed by atoms with Crippen molar-refractivity contribution in [3.05, 3.63) is 12.2 Å². The van der Waals surface area contributed by atoms with Crippen molar-refractivity contribution >= 4 is 6.21 Å². The van der Waals surface area contributed by atoms with Gasteiger partial charge in [0.05, 0.1) is 0 Å². The minimum absolute atomic E-state index is 0.141. The van der Waals surface area contributed by atoms with E-state index in [4.69, 9.17) is 0 Å². The van der Waals surface area contributed by atoms with E-state index in [0.29, 0.717) is 0 Å². The van der Waals surface area contributed by atoms with Gasteiger partial charge in [-0.2, -0.15) is 0 Å². The minimum atomic E-state index is -0.402. The van der Waals surface area contributed by atoms with Gasteiger partial charge in [-0.25, -0.2) is 0 Å². The average Bonchev–Trinajstić information content (AvgIpc) is 2.76. The molecular weight excluding hydrogens is 212 g/mol. The molecule has 2 atom stereocenters. The molecule has 0 spiro atoms. The van der Waals surface area contributed by atoms with Crippen LogP contribution in [0.5, 0.6) is 0 Å². The average molecular weight is 238 g/mol. The SMILES string of the molecule is CCCCCC/C=C/CC1N=CCN1C(C)O. The molecule has 3 heteroatoms. The first kappa shape index (κ1) is 14.4. The first-order chi connectivity index (χ1) is 8.25. The van der Waals surface area contributed by atoms with E-state index < -0.39 is 6.23 Å². The molecule has 1 rings (SSSR count). The molecule has 0 aromatic carbocycles. The van der Waals surface area contributed by atoms with E-state index >= 15 is 0 Å².